The Bertz CT molecular complexity index is 2640. The fourth-order valence-corrected chi connectivity index (χ4v) is 14.5. The number of nitrogens with zero attached hydrogens (tertiary/aromatic N) is 4. The van der Waals surface area contributed by atoms with Crippen LogP contribution in [-0.2, 0) is 24.4 Å². The van der Waals surface area contributed by atoms with E-state index in [0.717, 1.165) is 72.4 Å². The molecule has 4 aromatic heterocycles. The number of rotatable bonds is 18. The van der Waals surface area contributed by atoms with Gasteiger partial charge in [0.25, 0.3) is 0 Å². The Hall–Kier alpha value is -6.30. The van der Waals surface area contributed by atoms with E-state index < -0.39 is 46.2 Å². The lowest BCUT2D eigenvalue weighted by Crippen LogP contribution is -2.32. The second kappa shape index (κ2) is 20.2. The number of unbranched alkanes of at least 4 members (excludes halogenated alkanes) is 2. The molecule has 6 aromatic rings. The average Bonchev–Trinajstić information content (AvgIpc) is 4.19. The van der Waals surface area contributed by atoms with Gasteiger partial charge in [0.2, 0.25) is 0 Å². The maximum absolute atomic E-state index is 13.7. The van der Waals surface area contributed by atoms with E-state index in [1.54, 1.807) is 52.0 Å². The van der Waals surface area contributed by atoms with Gasteiger partial charge in [-0.15, -0.1) is 0 Å². The monoisotopic (exact) mass is 990 g/mol. The molecule has 368 valence electrons. The van der Waals surface area contributed by atoms with Crippen molar-refractivity contribution < 1.29 is 51.9 Å². The Kier molecular flexibility index (Phi) is 14.1. The van der Waals surface area contributed by atoms with Crippen molar-refractivity contribution in [2.24, 2.45) is 0 Å². The third-order valence-electron chi connectivity index (χ3n) is 13.4. The summed E-state index contributed by atoms with van der Waals surface area (Å²) in [4.78, 5) is 55.0. The molecule has 0 saturated carbocycles. The van der Waals surface area contributed by atoms with Crippen LogP contribution in [0.4, 0.5) is 0 Å². The maximum atomic E-state index is 13.7. The van der Waals surface area contributed by atoms with Crippen LogP contribution in [0.15, 0.2) is 84.9 Å². The van der Waals surface area contributed by atoms with Gasteiger partial charge in [-0.25, -0.2) is 19.2 Å². The quantitative estimate of drug-likeness (QED) is 0.0459. The summed E-state index contributed by atoms with van der Waals surface area (Å²) in [7, 11) is -4.13. The van der Waals surface area contributed by atoms with Crippen LogP contribution >= 0.6 is 16.9 Å². The lowest BCUT2D eigenvalue weighted by atomic mass is 9.66. The highest BCUT2D eigenvalue weighted by Crippen LogP contribution is 2.63. The molecule has 9 rings (SSSR count). The number of carbonyl (C=O) groups excluding carboxylic acids is 4. The number of benzene rings is 2. The van der Waals surface area contributed by atoms with Crippen LogP contribution in [0.5, 0.6) is 23.0 Å². The number of ether oxygens (including phenoxy) is 5. The van der Waals surface area contributed by atoms with E-state index in [4.69, 9.17) is 32.7 Å². The van der Waals surface area contributed by atoms with Crippen molar-refractivity contribution in [2.45, 2.75) is 111 Å². The third-order valence-corrected chi connectivity index (χ3v) is 17.3. The van der Waals surface area contributed by atoms with Gasteiger partial charge in [-0.3, -0.25) is 17.4 Å². The summed E-state index contributed by atoms with van der Waals surface area (Å²) >= 11 is 0. The zero-order chi connectivity index (χ0) is 49.4. The van der Waals surface area contributed by atoms with Gasteiger partial charge < -0.3 is 32.7 Å². The second-order valence-electron chi connectivity index (χ2n) is 17.5. The second-order valence-corrected chi connectivity index (χ2v) is 20.5. The van der Waals surface area contributed by atoms with Crippen LogP contribution < -0.4 is 13.8 Å². The zero-order valence-corrected chi connectivity index (χ0v) is 42.8. The maximum Gasteiger partial charge on any atom is 0.355 e. The van der Waals surface area contributed by atoms with Crippen LogP contribution in [0, 0.1) is 0 Å². The van der Waals surface area contributed by atoms with Crippen molar-refractivity contribution in [3.63, 3.8) is 0 Å². The molecule has 70 heavy (non-hydrogen) atoms. The summed E-state index contributed by atoms with van der Waals surface area (Å²) in [6.45, 7) is 16.2. The molecule has 0 radical (unpaired) electrons. The molecule has 15 nitrogen and oxygen atoms in total. The standard InChI is InChI=1S/C53H60N4O11P2/c1-9-15-31-53(32-16-10-2)35-19-17-21-45(67-69-54-37(23-27-41(54)49(58)62-11-3)33(7)38-24-28-42(55(38)69)50(59)63-12-4)47(35)66-48-36(53)20-18-22-46(48)68-70-56-39(25-29-43(56)51(60)64-13-5)34(8)40-26-30-44(57(40)70)52(61)65-14-6/h17-30,33-34H,9-16,31-32H2,1-8H3. The predicted molar refractivity (Wildman–Crippen MR) is 266 cm³/mol. The SMILES string of the molecule is CCCCC1(CCCC)c2cccc(OP3n4c(C(=O)OCC)ccc4C(C)c4ccc(C(=O)OCC)n43)c2Oc2c(OP3n4c(C(=O)OCC)ccc4C(C)c4ccc(C(=O)OCC)n43)cccc21. The smallest absolute Gasteiger partial charge is 0.355 e. The van der Waals surface area contributed by atoms with Gasteiger partial charge >= 0.3 is 40.8 Å². The molecule has 0 atom stereocenters. The van der Waals surface area contributed by atoms with Crippen molar-refractivity contribution >= 4 is 40.8 Å². The molecule has 2 aromatic carbocycles. The van der Waals surface area contributed by atoms with E-state index in [0.29, 0.717) is 45.8 Å². The van der Waals surface area contributed by atoms with Crippen molar-refractivity contribution in [1.82, 2.24) is 17.4 Å². The van der Waals surface area contributed by atoms with E-state index in [-0.39, 0.29) is 38.3 Å². The van der Waals surface area contributed by atoms with E-state index >= 15 is 0 Å². The normalized spacial score (nSPS) is 17.9. The van der Waals surface area contributed by atoms with Crippen LogP contribution in [0.3, 0.4) is 0 Å². The minimum absolute atomic E-state index is 0.171. The number of hydrogen-bond acceptors (Lipinski definition) is 11. The van der Waals surface area contributed by atoms with E-state index in [1.165, 1.54) is 0 Å². The number of aromatic nitrogens is 4. The summed E-state index contributed by atoms with van der Waals surface area (Å²) in [5, 5.41) is 0. The van der Waals surface area contributed by atoms with Crippen LogP contribution in [-0.4, -0.2) is 67.7 Å². The number of fused-ring (bicyclic) bond motifs is 6. The lowest BCUT2D eigenvalue weighted by molar-refractivity contribution is 0.0506. The molecular formula is C53H60N4O11P2. The molecule has 0 aliphatic carbocycles. The lowest BCUT2D eigenvalue weighted by Gasteiger charge is -2.42. The van der Waals surface area contributed by atoms with Crippen molar-refractivity contribution in [1.29, 1.82) is 0 Å². The molecule has 0 spiro atoms. The Morgan fingerprint density at radius 2 is 0.800 bits per heavy atom. The van der Waals surface area contributed by atoms with Crippen molar-refractivity contribution in [2.75, 3.05) is 26.4 Å². The van der Waals surface area contributed by atoms with Gasteiger partial charge in [0.1, 0.15) is 22.8 Å². The third kappa shape index (κ3) is 8.08. The Morgan fingerprint density at radius 3 is 1.09 bits per heavy atom. The minimum atomic E-state index is -2.07. The molecule has 0 N–H and O–H groups in total. The van der Waals surface area contributed by atoms with E-state index in [2.05, 4.69) is 26.0 Å². The van der Waals surface area contributed by atoms with Crippen LogP contribution in [0.1, 0.15) is 182 Å². The first kappa shape index (κ1) is 48.7. The van der Waals surface area contributed by atoms with Gasteiger partial charge in [-0.05, 0) is 101 Å². The fraction of sp³-hybridized carbons (Fsp3) is 0.396. The van der Waals surface area contributed by atoms with E-state index in [1.807, 2.05) is 79.7 Å². The number of carbonyl (C=O) groups is 4. The topological polar surface area (TPSA) is 153 Å². The highest BCUT2D eigenvalue weighted by atomic mass is 31.2. The summed E-state index contributed by atoms with van der Waals surface area (Å²) in [6, 6.07) is 26.5. The van der Waals surface area contributed by atoms with Crippen molar-refractivity contribution in [3.05, 3.63) is 142 Å². The Balaban J connectivity index is 1.24. The predicted octanol–water partition coefficient (Wildman–Crippen LogP) is 12.7. The molecule has 3 aliphatic rings. The van der Waals surface area contributed by atoms with Gasteiger partial charge in [0.15, 0.2) is 23.0 Å². The van der Waals surface area contributed by atoms with Gasteiger partial charge in [0, 0.05) is 51.2 Å². The average molecular weight is 991 g/mol. The zero-order valence-electron chi connectivity index (χ0n) is 41.0. The number of hydrogen-bond donors (Lipinski definition) is 0. The first-order valence-corrected chi connectivity index (χ1v) is 26.8. The largest absolute Gasteiger partial charge is 0.461 e. The fourth-order valence-electron chi connectivity index (χ4n) is 10.1. The number of esters is 4. The Morgan fingerprint density at radius 1 is 0.486 bits per heavy atom. The van der Waals surface area contributed by atoms with Crippen LogP contribution in [0.2, 0.25) is 0 Å². The van der Waals surface area contributed by atoms with Gasteiger partial charge in [0.05, 0.1) is 26.4 Å². The highest BCUT2D eigenvalue weighted by Gasteiger charge is 2.47. The molecule has 0 amide bonds. The molecule has 3 aliphatic heterocycles. The molecule has 0 bridgehead atoms. The molecule has 7 heterocycles. The first-order chi connectivity index (χ1) is 34.0. The molecular weight excluding hydrogens is 931 g/mol. The van der Waals surface area contributed by atoms with Gasteiger partial charge in [-0.2, -0.15) is 0 Å². The first-order valence-electron chi connectivity index (χ1n) is 24.4. The minimum Gasteiger partial charge on any atom is -0.461 e. The molecule has 17 heteroatoms. The summed E-state index contributed by atoms with van der Waals surface area (Å²) in [6.07, 6.45) is 5.27. The Labute approximate surface area is 410 Å². The summed E-state index contributed by atoms with van der Waals surface area (Å²) < 4.78 is 51.7. The van der Waals surface area contributed by atoms with E-state index in [9.17, 15) is 19.2 Å². The molecule has 0 saturated heterocycles. The van der Waals surface area contributed by atoms with Crippen LogP contribution in [0.25, 0.3) is 0 Å². The molecule has 0 unspecified atom stereocenters. The summed E-state index contributed by atoms with van der Waals surface area (Å²) in [5.41, 5.74) is 5.76. The summed E-state index contributed by atoms with van der Waals surface area (Å²) in [5.74, 6) is -0.767. The van der Waals surface area contributed by atoms with Gasteiger partial charge in [-0.1, -0.05) is 77.6 Å². The number of para-hydroxylation sites is 2. The highest BCUT2D eigenvalue weighted by molar-refractivity contribution is 7.50. The van der Waals surface area contributed by atoms with Crippen molar-refractivity contribution in [3.8, 4) is 23.0 Å². The molecule has 0 fully saturated rings.